The Morgan fingerprint density at radius 3 is 2.77 bits per heavy atom. The highest BCUT2D eigenvalue weighted by molar-refractivity contribution is 5.68. The van der Waals surface area contributed by atoms with Crippen LogP contribution in [0.1, 0.15) is 40.0 Å². The smallest absolute Gasteiger partial charge is 0.407 e. The predicted molar refractivity (Wildman–Crippen MR) is 83.8 cm³/mol. The van der Waals surface area contributed by atoms with Gasteiger partial charge >= 0.3 is 6.09 Å². The van der Waals surface area contributed by atoms with E-state index in [1.54, 1.807) is 0 Å². The number of fused-ring (bicyclic) bond motifs is 1. The van der Waals surface area contributed by atoms with Crippen molar-refractivity contribution in [3.63, 3.8) is 0 Å². The van der Waals surface area contributed by atoms with Gasteiger partial charge in [0.05, 0.1) is 18.2 Å². The second-order valence-electron chi connectivity index (χ2n) is 7.70. The van der Waals surface area contributed by atoms with Gasteiger partial charge in [0.15, 0.2) is 0 Å². The molecule has 22 heavy (non-hydrogen) atoms. The Kier molecular flexibility index (Phi) is 4.61. The molecule has 0 bridgehead atoms. The Morgan fingerprint density at radius 1 is 1.27 bits per heavy atom. The minimum atomic E-state index is -0.464. The van der Waals surface area contributed by atoms with Gasteiger partial charge in [-0.1, -0.05) is 0 Å². The highest BCUT2D eigenvalue weighted by atomic mass is 16.6. The van der Waals surface area contributed by atoms with Crippen molar-refractivity contribution in [2.24, 2.45) is 5.92 Å². The number of amides is 1. The molecule has 0 radical (unpaired) electrons. The van der Waals surface area contributed by atoms with E-state index < -0.39 is 5.60 Å². The number of carbonyl (C=O) groups excluding carboxylic acids is 1. The quantitative estimate of drug-likeness (QED) is 0.725. The molecule has 0 aromatic carbocycles. The molecule has 0 aromatic heterocycles. The Balaban J connectivity index is 1.59. The first kappa shape index (κ1) is 16.0. The molecule has 1 amide bonds. The van der Waals surface area contributed by atoms with Gasteiger partial charge in [0.2, 0.25) is 0 Å². The Morgan fingerprint density at radius 2 is 2.09 bits per heavy atom. The van der Waals surface area contributed by atoms with Crippen molar-refractivity contribution in [1.82, 2.24) is 16.0 Å². The van der Waals surface area contributed by atoms with Crippen LogP contribution in [0, 0.1) is 5.92 Å². The Bertz CT molecular complexity index is 404. The summed E-state index contributed by atoms with van der Waals surface area (Å²) in [5.41, 5.74) is -0.464. The normalized spacial score (nSPS) is 38.0. The lowest BCUT2D eigenvalue weighted by Gasteiger charge is -2.54. The number of rotatable bonds is 3. The van der Waals surface area contributed by atoms with Gasteiger partial charge in [0.1, 0.15) is 5.60 Å². The van der Waals surface area contributed by atoms with Gasteiger partial charge in [-0.25, -0.2) is 4.79 Å². The highest BCUT2D eigenvalue weighted by Crippen LogP contribution is 2.38. The zero-order chi connectivity index (χ0) is 15.7. The third-order valence-corrected chi connectivity index (χ3v) is 4.79. The molecule has 0 spiro atoms. The van der Waals surface area contributed by atoms with E-state index in [-0.39, 0.29) is 24.3 Å². The molecule has 3 fully saturated rings. The first-order chi connectivity index (χ1) is 10.4. The Hall–Kier alpha value is -0.850. The molecule has 0 aromatic rings. The molecule has 6 nitrogen and oxygen atoms in total. The van der Waals surface area contributed by atoms with Gasteiger partial charge in [-0.3, -0.25) is 0 Å². The summed E-state index contributed by atoms with van der Waals surface area (Å²) >= 11 is 0. The van der Waals surface area contributed by atoms with Gasteiger partial charge in [-0.15, -0.1) is 0 Å². The third kappa shape index (κ3) is 3.55. The lowest BCUT2D eigenvalue weighted by atomic mass is 9.68. The van der Waals surface area contributed by atoms with Crippen LogP contribution in [0.2, 0.25) is 0 Å². The van der Waals surface area contributed by atoms with Crippen LogP contribution >= 0.6 is 0 Å². The fourth-order valence-corrected chi connectivity index (χ4v) is 3.81. The van der Waals surface area contributed by atoms with E-state index in [2.05, 4.69) is 16.0 Å². The molecule has 2 heterocycles. The Labute approximate surface area is 132 Å². The van der Waals surface area contributed by atoms with Crippen molar-refractivity contribution < 1.29 is 14.3 Å². The summed E-state index contributed by atoms with van der Waals surface area (Å²) in [7, 11) is 0. The molecule has 126 valence electrons. The summed E-state index contributed by atoms with van der Waals surface area (Å²) in [5, 5.41) is 10.1. The number of nitrogens with one attached hydrogen (secondary N) is 3. The number of carbonyl (C=O) groups is 1. The highest BCUT2D eigenvalue weighted by Gasteiger charge is 2.53. The summed E-state index contributed by atoms with van der Waals surface area (Å²) in [5.74, 6) is 0.410. The summed E-state index contributed by atoms with van der Waals surface area (Å²) in [6.07, 6.45) is 3.23. The molecule has 2 aliphatic heterocycles. The van der Waals surface area contributed by atoms with Crippen LogP contribution in [0.3, 0.4) is 0 Å². The van der Waals surface area contributed by atoms with Crippen LogP contribution in [0.25, 0.3) is 0 Å². The van der Waals surface area contributed by atoms with E-state index in [9.17, 15) is 4.79 Å². The predicted octanol–water partition coefficient (Wildman–Crippen LogP) is 1.01. The average Bonchev–Trinajstić information content (AvgIpc) is 2.94. The van der Waals surface area contributed by atoms with Gasteiger partial charge in [-0.05, 0) is 46.6 Å². The minimum Gasteiger partial charge on any atom is -0.444 e. The summed E-state index contributed by atoms with van der Waals surface area (Å²) in [6.45, 7) is 8.55. The van der Waals surface area contributed by atoms with E-state index in [4.69, 9.17) is 9.47 Å². The molecule has 6 heteroatoms. The van der Waals surface area contributed by atoms with Crippen LogP contribution in [0.4, 0.5) is 4.79 Å². The minimum absolute atomic E-state index is 0.112. The fourth-order valence-electron chi connectivity index (χ4n) is 3.81. The van der Waals surface area contributed by atoms with E-state index >= 15 is 0 Å². The molecule has 1 saturated carbocycles. The van der Waals surface area contributed by atoms with Crippen molar-refractivity contribution in [3.8, 4) is 0 Å². The fraction of sp³-hybridized carbons (Fsp3) is 0.938. The molecule has 1 aliphatic carbocycles. The molecule has 5 atom stereocenters. The summed E-state index contributed by atoms with van der Waals surface area (Å²) in [4.78, 5) is 12.1. The molecule has 3 rings (SSSR count). The second kappa shape index (κ2) is 6.34. The van der Waals surface area contributed by atoms with Crippen molar-refractivity contribution in [2.45, 2.75) is 69.9 Å². The van der Waals surface area contributed by atoms with Crippen molar-refractivity contribution in [1.29, 1.82) is 0 Å². The van der Waals surface area contributed by atoms with E-state index in [0.717, 1.165) is 39.0 Å². The lowest BCUT2D eigenvalue weighted by Crippen LogP contribution is -2.74. The zero-order valence-corrected chi connectivity index (χ0v) is 13.9. The van der Waals surface area contributed by atoms with Gasteiger partial charge < -0.3 is 25.4 Å². The van der Waals surface area contributed by atoms with Crippen molar-refractivity contribution in [2.75, 3.05) is 19.7 Å². The van der Waals surface area contributed by atoms with Crippen LogP contribution in [0.15, 0.2) is 0 Å². The van der Waals surface area contributed by atoms with Crippen LogP contribution in [0.5, 0.6) is 0 Å². The average molecular weight is 311 g/mol. The second-order valence-corrected chi connectivity index (χ2v) is 7.70. The van der Waals surface area contributed by atoms with Crippen LogP contribution in [-0.4, -0.2) is 55.6 Å². The molecule has 3 aliphatic rings. The van der Waals surface area contributed by atoms with E-state index in [1.165, 1.54) is 0 Å². The molecular weight excluding hydrogens is 282 g/mol. The van der Waals surface area contributed by atoms with Crippen molar-refractivity contribution in [3.05, 3.63) is 0 Å². The van der Waals surface area contributed by atoms with Crippen LogP contribution < -0.4 is 16.0 Å². The van der Waals surface area contributed by atoms with Crippen LogP contribution in [-0.2, 0) is 9.47 Å². The standard InChI is InChI=1S/C16H29N3O3/c1-16(2,3)22-15(20)19-12-11-5-4-8-21-14(11)13(12)18-10-6-7-17-9-10/h10-14,17-18H,4-9H2,1-3H3,(H,19,20). The molecule has 3 N–H and O–H groups in total. The van der Waals surface area contributed by atoms with Crippen molar-refractivity contribution >= 4 is 6.09 Å². The number of ether oxygens (including phenoxy) is 2. The molecule has 2 saturated heterocycles. The zero-order valence-electron chi connectivity index (χ0n) is 13.9. The maximum atomic E-state index is 12.1. The number of hydrogen-bond acceptors (Lipinski definition) is 5. The summed E-state index contributed by atoms with van der Waals surface area (Å²) < 4.78 is 11.3. The molecule has 5 unspecified atom stereocenters. The van der Waals surface area contributed by atoms with Gasteiger partial charge in [0, 0.05) is 25.1 Å². The van der Waals surface area contributed by atoms with E-state index in [1.807, 2.05) is 20.8 Å². The largest absolute Gasteiger partial charge is 0.444 e. The number of alkyl carbamates (subject to hydrolysis) is 1. The van der Waals surface area contributed by atoms with Gasteiger partial charge in [-0.2, -0.15) is 0 Å². The van der Waals surface area contributed by atoms with E-state index in [0.29, 0.717) is 12.0 Å². The first-order valence-electron chi connectivity index (χ1n) is 8.52. The lowest BCUT2D eigenvalue weighted by molar-refractivity contribution is -0.130. The maximum absolute atomic E-state index is 12.1. The third-order valence-electron chi connectivity index (χ3n) is 4.79. The number of hydrogen-bond donors (Lipinski definition) is 3. The first-order valence-corrected chi connectivity index (χ1v) is 8.52. The molecular formula is C16H29N3O3. The SMILES string of the molecule is CC(C)(C)OC(=O)NC1C2CCCOC2C1NC1CCNC1. The maximum Gasteiger partial charge on any atom is 0.407 e. The summed E-state index contributed by atoms with van der Waals surface area (Å²) in [6, 6.07) is 0.780. The van der Waals surface area contributed by atoms with Gasteiger partial charge in [0.25, 0.3) is 0 Å². The topological polar surface area (TPSA) is 71.6 Å². The monoisotopic (exact) mass is 311 g/mol.